The molecular weight excluding hydrogens is 351 g/mol. The summed E-state index contributed by atoms with van der Waals surface area (Å²) in [6.07, 6.45) is 1.47. The molecule has 0 heterocycles. The number of carbonyl (C=O) groups excluding carboxylic acids is 2. The quantitative estimate of drug-likeness (QED) is 0.716. The van der Waals surface area contributed by atoms with Crippen molar-refractivity contribution in [2.75, 3.05) is 13.7 Å². The van der Waals surface area contributed by atoms with Crippen LogP contribution in [0, 0.1) is 5.82 Å². The van der Waals surface area contributed by atoms with Crippen LogP contribution in [0.3, 0.4) is 0 Å². The number of esters is 2. The van der Waals surface area contributed by atoms with Gasteiger partial charge in [-0.1, -0.05) is 24.1 Å². The molecule has 0 saturated heterocycles. The highest BCUT2D eigenvalue weighted by Gasteiger charge is 2.52. The number of benzene rings is 1. The molecule has 1 fully saturated rings. The molecule has 1 aliphatic rings. The Morgan fingerprint density at radius 3 is 2.76 bits per heavy atom. The van der Waals surface area contributed by atoms with E-state index < -0.39 is 29.5 Å². The third-order valence-corrected chi connectivity index (χ3v) is 4.72. The van der Waals surface area contributed by atoms with Gasteiger partial charge in [-0.05, 0) is 31.9 Å². The number of hydrogen-bond acceptors (Lipinski definition) is 5. The molecule has 0 aromatic heterocycles. The molecule has 0 N–H and O–H groups in total. The van der Waals surface area contributed by atoms with Crippen LogP contribution in [-0.2, 0) is 30.2 Å². The van der Waals surface area contributed by atoms with Crippen molar-refractivity contribution in [3.63, 3.8) is 0 Å². The first-order valence-corrected chi connectivity index (χ1v) is 8.67. The SMILES string of the molecule is CCOC(=O)C1(OC(=O)Cc2c(F)cccc2Cl)CCCCC1OC. The van der Waals surface area contributed by atoms with Gasteiger partial charge in [-0.25, -0.2) is 9.18 Å². The zero-order valence-electron chi connectivity index (χ0n) is 14.3. The third kappa shape index (κ3) is 4.30. The van der Waals surface area contributed by atoms with Gasteiger partial charge in [0, 0.05) is 24.1 Å². The van der Waals surface area contributed by atoms with Gasteiger partial charge in [0.25, 0.3) is 0 Å². The number of methoxy groups -OCH3 is 1. The predicted octanol–water partition coefficient (Wildman–Crippen LogP) is 3.46. The van der Waals surface area contributed by atoms with Crippen LogP contribution in [0.5, 0.6) is 0 Å². The Morgan fingerprint density at radius 2 is 2.12 bits per heavy atom. The normalized spacial score (nSPS) is 23.1. The van der Waals surface area contributed by atoms with Crippen LogP contribution in [0.25, 0.3) is 0 Å². The Labute approximate surface area is 151 Å². The third-order valence-electron chi connectivity index (χ3n) is 4.37. The fourth-order valence-corrected chi connectivity index (χ4v) is 3.38. The van der Waals surface area contributed by atoms with E-state index in [4.69, 9.17) is 25.8 Å². The van der Waals surface area contributed by atoms with Gasteiger partial charge in [0.2, 0.25) is 5.60 Å². The van der Waals surface area contributed by atoms with E-state index in [-0.39, 0.29) is 23.6 Å². The Morgan fingerprint density at radius 1 is 1.36 bits per heavy atom. The Hall–Kier alpha value is -1.66. The first-order valence-electron chi connectivity index (χ1n) is 8.29. The van der Waals surface area contributed by atoms with E-state index in [0.717, 1.165) is 6.42 Å². The molecule has 5 nitrogen and oxygen atoms in total. The lowest BCUT2D eigenvalue weighted by atomic mass is 9.81. The van der Waals surface area contributed by atoms with Crippen molar-refractivity contribution in [3.05, 3.63) is 34.6 Å². The van der Waals surface area contributed by atoms with E-state index in [9.17, 15) is 14.0 Å². The van der Waals surface area contributed by atoms with Crippen LogP contribution in [0.4, 0.5) is 4.39 Å². The summed E-state index contributed by atoms with van der Waals surface area (Å²) in [6.45, 7) is 1.84. The monoisotopic (exact) mass is 372 g/mol. The van der Waals surface area contributed by atoms with Gasteiger partial charge in [0.15, 0.2) is 0 Å². The first-order chi connectivity index (χ1) is 11.9. The standard InChI is InChI=1S/C18H22ClFO5/c1-3-24-17(22)18(10-5-4-9-15(18)23-2)25-16(21)11-12-13(19)7-6-8-14(12)20/h6-8,15H,3-5,9-11H2,1-2H3. The maximum Gasteiger partial charge on any atom is 0.353 e. The number of hydrogen-bond donors (Lipinski definition) is 0. The molecule has 7 heteroatoms. The van der Waals surface area contributed by atoms with E-state index in [0.29, 0.717) is 19.3 Å². The van der Waals surface area contributed by atoms with Crippen molar-refractivity contribution in [2.45, 2.75) is 50.7 Å². The van der Waals surface area contributed by atoms with Gasteiger partial charge in [0.05, 0.1) is 13.0 Å². The van der Waals surface area contributed by atoms with E-state index >= 15 is 0 Å². The van der Waals surface area contributed by atoms with Gasteiger partial charge in [-0.2, -0.15) is 0 Å². The van der Waals surface area contributed by atoms with Crippen LogP contribution >= 0.6 is 11.6 Å². The largest absolute Gasteiger partial charge is 0.463 e. The van der Waals surface area contributed by atoms with Gasteiger partial charge >= 0.3 is 11.9 Å². The predicted molar refractivity (Wildman–Crippen MR) is 89.8 cm³/mol. The van der Waals surface area contributed by atoms with Crippen LogP contribution in [-0.4, -0.2) is 37.4 Å². The first kappa shape index (κ1) is 19.7. The molecule has 1 aromatic rings. The van der Waals surface area contributed by atoms with E-state index in [1.165, 1.54) is 25.3 Å². The lowest BCUT2D eigenvalue weighted by Gasteiger charge is -2.40. The van der Waals surface area contributed by atoms with Gasteiger partial charge in [0.1, 0.15) is 11.9 Å². The summed E-state index contributed by atoms with van der Waals surface area (Å²) < 4.78 is 30.0. The molecule has 2 atom stereocenters. The number of rotatable bonds is 6. The minimum absolute atomic E-state index is 0.0398. The Balaban J connectivity index is 2.24. The fraction of sp³-hybridized carbons (Fsp3) is 0.556. The molecule has 0 spiro atoms. The zero-order valence-corrected chi connectivity index (χ0v) is 15.1. The average Bonchev–Trinajstić information content (AvgIpc) is 2.59. The maximum atomic E-state index is 13.9. The second-order valence-electron chi connectivity index (χ2n) is 5.93. The summed E-state index contributed by atoms with van der Waals surface area (Å²) in [4.78, 5) is 25.0. The lowest BCUT2D eigenvalue weighted by molar-refractivity contribution is -0.204. The summed E-state index contributed by atoms with van der Waals surface area (Å²) in [6, 6.07) is 4.16. The number of ether oxygens (including phenoxy) is 3. The van der Waals surface area contributed by atoms with Gasteiger partial charge in [-0.15, -0.1) is 0 Å². The van der Waals surface area contributed by atoms with E-state index in [1.807, 2.05) is 0 Å². The molecule has 138 valence electrons. The summed E-state index contributed by atoms with van der Waals surface area (Å²) in [5, 5.41) is 0.133. The molecule has 0 amide bonds. The second kappa shape index (κ2) is 8.63. The topological polar surface area (TPSA) is 61.8 Å². The fourth-order valence-electron chi connectivity index (χ4n) is 3.15. The molecule has 1 aliphatic carbocycles. The summed E-state index contributed by atoms with van der Waals surface area (Å²) >= 11 is 5.96. The molecule has 0 aliphatic heterocycles. The number of carbonyl (C=O) groups is 2. The molecular formula is C18H22ClFO5. The Bertz CT molecular complexity index is 616. The molecule has 2 unspecified atom stereocenters. The smallest absolute Gasteiger partial charge is 0.353 e. The van der Waals surface area contributed by atoms with Crippen molar-refractivity contribution in [2.24, 2.45) is 0 Å². The number of halogens is 2. The maximum absolute atomic E-state index is 13.9. The molecule has 0 radical (unpaired) electrons. The summed E-state index contributed by atoms with van der Waals surface area (Å²) in [5.74, 6) is -1.97. The molecule has 25 heavy (non-hydrogen) atoms. The minimum atomic E-state index is -1.50. The molecule has 2 rings (SSSR count). The van der Waals surface area contributed by atoms with Crippen molar-refractivity contribution in [1.82, 2.24) is 0 Å². The summed E-state index contributed by atoms with van der Waals surface area (Å²) in [7, 11) is 1.46. The van der Waals surface area contributed by atoms with E-state index in [2.05, 4.69) is 0 Å². The lowest BCUT2D eigenvalue weighted by Crippen LogP contribution is -2.56. The molecule has 1 aromatic carbocycles. The molecule has 1 saturated carbocycles. The van der Waals surface area contributed by atoms with Crippen LogP contribution in [0.1, 0.15) is 38.2 Å². The summed E-state index contributed by atoms with van der Waals surface area (Å²) in [5.41, 5.74) is -1.46. The van der Waals surface area contributed by atoms with Crippen molar-refractivity contribution in [1.29, 1.82) is 0 Å². The Kier molecular flexibility index (Phi) is 6.79. The van der Waals surface area contributed by atoms with Gasteiger partial charge < -0.3 is 14.2 Å². The van der Waals surface area contributed by atoms with Crippen LogP contribution in [0.15, 0.2) is 18.2 Å². The zero-order chi connectivity index (χ0) is 18.4. The van der Waals surface area contributed by atoms with Gasteiger partial charge in [-0.3, -0.25) is 4.79 Å². The van der Waals surface area contributed by atoms with E-state index in [1.54, 1.807) is 6.92 Å². The highest BCUT2D eigenvalue weighted by atomic mass is 35.5. The highest BCUT2D eigenvalue weighted by molar-refractivity contribution is 6.31. The minimum Gasteiger partial charge on any atom is -0.463 e. The average molecular weight is 373 g/mol. The second-order valence-corrected chi connectivity index (χ2v) is 6.34. The van der Waals surface area contributed by atoms with Crippen molar-refractivity contribution in [3.8, 4) is 0 Å². The molecule has 0 bridgehead atoms. The highest BCUT2D eigenvalue weighted by Crippen LogP contribution is 2.36. The van der Waals surface area contributed by atoms with Crippen molar-refractivity contribution < 1.29 is 28.2 Å². The van der Waals surface area contributed by atoms with Crippen molar-refractivity contribution >= 4 is 23.5 Å². The van der Waals surface area contributed by atoms with Crippen LogP contribution in [0.2, 0.25) is 5.02 Å². The van der Waals surface area contributed by atoms with Crippen LogP contribution < -0.4 is 0 Å².